The van der Waals surface area contributed by atoms with Crippen molar-refractivity contribution >= 4 is 34.8 Å². The van der Waals surface area contributed by atoms with Crippen LogP contribution in [0.25, 0.3) is 10.6 Å². The number of carbonyl (C=O) groups is 2. The lowest BCUT2D eigenvalue weighted by atomic mass is 10.1. The maximum Gasteiger partial charge on any atom is 0.325 e. The van der Waals surface area contributed by atoms with Crippen molar-refractivity contribution in [3.63, 3.8) is 0 Å². The van der Waals surface area contributed by atoms with Crippen LogP contribution in [0, 0.1) is 6.92 Å². The molecule has 3 aromatic rings. The molecule has 27 heavy (non-hydrogen) atoms. The van der Waals surface area contributed by atoms with Crippen LogP contribution in [-0.4, -0.2) is 23.4 Å². The number of ether oxygens (including phenoxy) is 1. The Balaban J connectivity index is 1.50. The molecule has 0 atom stereocenters. The number of esters is 1. The largest absolute Gasteiger partial charge is 0.458 e. The lowest BCUT2D eigenvalue weighted by Crippen LogP contribution is -2.30. The molecule has 1 aromatic heterocycles. The van der Waals surface area contributed by atoms with Gasteiger partial charge in [0.2, 0.25) is 0 Å². The fraction of sp³-hybridized carbons (Fsp3) is 0.150. The van der Waals surface area contributed by atoms with Gasteiger partial charge in [-0.05, 0) is 25.1 Å². The lowest BCUT2D eigenvalue weighted by molar-refractivity contribution is -0.143. The van der Waals surface area contributed by atoms with Gasteiger partial charge < -0.3 is 10.1 Å². The number of aryl methyl sites for hydroxylation is 1. The second kappa shape index (κ2) is 8.79. The highest BCUT2D eigenvalue weighted by Crippen LogP contribution is 2.30. The zero-order valence-corrected chi connectivity index (χ0v) is 16.1. The summed E-state index contributed by atoms with van der Waals surface area (Å²) in [5, 5.41) is 5.75. The van der Waals surface area contributed by atoms with Crippen molar-refractivity contribution < 1.29 is 14.3 Å². The van der Waals surface area contributed by atoms with E-state index in [9.17, 15) is 9.59 Å². The Morgan fingerprint density at radius 1 is 1.19 bits per heavy atom. The zero-order valence-electron chi connectivity index (χ0n) is 14.6. The molecule has 1 N–H and O–H groups in total. The van der Waals surface area contributed by atoms with E-state index in [1.807, 2.05) is 36.6 Å². The molecule has 7 heteroatoms. The van der Waals surface area contributed by atoms with Crippen LogP contribution in [0.2, 0.25) is 5.02 Å². The first-order valence-electron chi connectivity index (χ1n) is 8.23. The van der Waals surface area contributed by atoms with E-state index in [0.29, 0.717) is 16.3 Å². The van der Waals surface area contributed by atoms with Gasteiger partial charge in [0.25, 0.3) is 5.91 Å². The van der Waals surface area contributed by atoms with Crippen LogP contribution >= 0.6 is 22.9 Å². The van der Waals surface area contributed by atoms with Gasteiger partial charge in [0.15, 0.2) is 0 Å². The van der Waals surface area contributed by atoms with Gasteiger partial charge in [-0.25, -0.2) is 4.98 Å². The summed E-state index contributed by atoms with van der Waals surface area (Å²) in [7, 11) is 0. The molecule has 3 rings (SSSR count). The Kier molecular flexibility index (Phi) is 6.21. The molecule has 0 saturated heterocycles. The molecule has 0 aliphatic rings. The third kappa shape index (κ3) is 5.15. The maximum absolute atomic E-state index is 12.0. The minimum Gasteiger partial charge on any atom is -0.458 e. The van der Waals surface area contributed by atoms with Crippen molar-refractivity contribution in [1.82, 2.24) is 10.3 Å². The van der Waals surface area contributed by atoms with Gasteiger partial charge >= 0.3 is 5.97 Å². The van der Waals surface area contributed by atoms with Crippen LogP contribution in [-0.2, 0) is 16.1 Å². The number of nitrogens with one attached hydrogen (secondary N) is 1. The number of aromatic nitrogens is 1. The highest BCUT2D eigenvalue weighted by atomic mass is 35.5. The van der Waals surface area contributed by atoms with Gasteiger partial charge in [-0.2, -0.15) is 0 Å². The Morgan fingerprint density at radius 2 is 2.00 bits per heavy atom. The van der Waals surface area contributed by atoms with Crippen LogP contribution in [0.15, 0.2) is 53.9 Å². The van der Waals surface area contributed by atoms with E-state index in [1.165, 1.54) is 11.3 Å². The molecule has 0 bridgehead atoms. The summed E-state index contributed by atoms with van der Waals surface area (Å²) in [6.07, 6.45) is 0. The fourth-order valence-electron chi connectivity index (χ4n) is 2.38. The number of rotatable bonds is 6. The number of hydrogen-bond donors (Lipinski definition) is 1. The highest BCUT2D eigenvalue weighted by Gasteiger charge is 2.12. The molecule has 0 spiro atoms. The van der Waals surface area contributed by atoms with Crippen molar-refractivity contribution in [3.05, 3.63) is 75.8 Å². The third-order valence-corrected chi connectivity index (χ3v) is 4.96. The molecule has 1 amide bonds. The number of amides is 1. The van der Waals surface area contributed by atoms with E-state index in [-0.39, 0.29) is 19.1 Å². The number of hydrogen-bond acceptors (Lipinski definition) is 5. The first-order chi connectivity index (χ1) is 13.0. The minimum absolute atomic E-state index is 0.0418. The quantitative estimate of drug-likeness (QED) is 0.628. The Bertz CT molecular complexity index is 971. The van der Waals surface area contributed by atoms with E-state index >= 15 is 0 Å². The molecule has 0 saturated carbocycles. The molecule has 0 fully saturated rings. The van der Waals surface area contributed by atoms with Crippen molar-refractivity contribution in [3.8, 4) is 10.6 Å². The van der Waals surface area contributed by atoms with E-state index in [1.54, 1.807) is 24.3 Å². The van der Waals surface area contributed by atoms with Crippen LogP contribution in [0.5, 0.6) is 0 Å². The normalized spacial score (nSPS) is 10.4. The van der Waals surface area contributed by atoms with Crippen LogP contribution in [0.4, 0.5) is 0 Å². The van der Waals surface area contributed by atoms with E-state index in [0.717, 1.165) is 16.1 Å². The summed E-state index contributed by atoms with van der Waals surface area (Å²) in [5.74, 6) is -0.839. The van der Waals surface area contributed by atoms with Crippen molar-refractivity contribution in [1.29, 1.82) is 0 Å². The van der Waals surface area contributed by atoms with Gasteiger partial charge in [0.1, 0.15) is 18.2 Å². The molecular weight excluding hydrogens is 384 g/mol. The molecular formula is C20H17ClN2O3S. The maximum atomic E-state index is 12.0. The summed E-state index contributed by atoms with van der Waals surface area (Å²) in [5.41, 5.74) is 2.95. The number of benzene rings is 2. The highest BCUT2D eigenvalue weighted by molar-refractivity contribution is 7.13. The smallest absolute Gasteiger partial charge is 0.325 e. The molecule has 2 aromatic carbocycles. The predicted octanol–water partition coefficient (Wildman–Crippen LogP) is 4.25. The lowest BCUT2D eigenvalue weighted by Gasteiger charge is -2.06. The van der Waals surface area contributed by atoms with Crippen molar-refractivity contribution in [2.75, 3.05) is 6.54 Å². The molecule has 0 unspecified atom stereocenters. The first kappa shape index (κ1) is 19.1. The summed E-state index contributed by atoms with van der Waals surface area (Å²) >= 11 is 7.60. The summed E-state index contributed by atoms with van der Waals surface area (Å²) < 4.78 is 5.18. The standard InChI is InChI=1S/C20H17ClN2O3S/c1-13-5-4-6-14(9-13)19(25)22-10-18(24)26-11-15-12-27-20(23-15)16-7-2-3-8-17(16)21/h2-9,12H,10-11H2,1H3,(H,22,25). The van der Waals surface area contributed by atoms with Crippen LogP contribution in [0.1, 0.15) is 21.6 Å². The molecule has 1 heterocycles. The second-order valence-electron chi connectivity index (χ2n) is 5.84. The van der Waals surface area contributed by atoms with E-state index < -0.39 is 5.97 Å². The molecule has 138 valence electrons. The van der Waals surface area contributed by atoms with Crippen LogP contribution < -0.4 is 5.32 Å². The third-order valence-electron chi connectivity index (χ3n) is 3.71. The Hall–Kier alpha value is -2.70. The zero-order chi connectivity index (χ0) is 19.2. The van der Waals surface area contributed by atoms with Gasteiger partial charge in [-0.1, -0.05) is 47.5 Å². The fourth-order valence-corrected chi connectivity index (χ4v) is 3.50. The molecule has 0 aliphatic heterocycles. The molecule has 0 aliphatic carbocycles. The van der Waals surface area contributed by atoms with Crippen LogP contribution in [0.3, 0.4) is 0 Å². The van der Waals surface area contributed by atoms with Gasteiger partial charge in [0, 0.05) is 16.5 Å². The van der Waals surface area contributed by atoms with Crippen molar-refractivity contribution in [2.45, 2.75) is 13.5 Å². The SMILES string of the molecule is Cc1cccc(C(=O)NCC(=O)OCc2csc(-c3ccccc3Cl)n2)c1. The Labute approximate surface area is 166 Å². The number of thiazole rings is 1. The predicted molar refractivity (Wildman–Crippen MR) is 106 cm³/mol. The average Bonchev–Trinajstić information content (AvgIpc) is 3.13. The Morgan fingerprint density at radius 3 is 2.78 bits per heavy atom. The number of nitrogens with zero attached hydrogens (tertiary/aromatic N) is 1. The average molecular weight is 401 g/mol. The monoisotopic (exact) mass is 400 g/mol. The summed E-state index contributed by atoms with van der Waals surface area (Å²) in [6, 6.07) is 14.6. The number of halogens is 1. The second-order valence-corrected chi connectivity index (χ2v) is 7.10. The molecule has 0 radical (unpaired) electrons. The summed E-state index contributed by atoms with van der Waals surface area (Å²) in [6.45, 7) is 1.74. The van der Waals surface area contributed by atoms with Gasteiger partial charge in [-0.3, -0.25) is 9.59 Å². The van der Waals surface area contributed by atoms with Crippen molar-refractivity contribution in [2.24, 2.45) is 0 Å². The van der Waals surface area contributed by atoms with Gasteiger partial charge in [0.05, 0.1) is 10.7 Å². The molecule has 5 nitrogen and oxygen atoms in total. The van der Waals surface area contributed by atoms with Gasteiger partial charge in [-0.15, -0.1) is 11.3 Å². The first-order valence-corrected chi connectivity index (χ1v) is 9.48. The summed E-state index contributed by atoms with van der Waals surface area (Å²) in [4.78, 5) is 28.3. The topological polar surface area (TPSA) is 68.3 Å². The number of carbonyl (C=O) groups excluding carboxylic acids is 2. The van der Waals surface area contributed by atoms with E-state index in [2.05, 4.69) is 10.3 Å². The van der Waals surface area contributed by atoms with E-state index in [4.69, 9.17) is 16.3 Å². The minimum atomic E-state index is -0.525.